The molecule has 0 spiro atoms. The Labute approximate surface area is 118 Å². The molecule has 4 nitrogen and oxygen atoms in total. The molecule has 0 aliphatic rings. The van der Waals surface area contributed by atoms with Crippen molar-refractivity contribution in [2.75, 3.05) is 5.32 Å². The summed E-state index contributed by atoms with van der Waals surface area (Å²) in [6, 6.07) is 7.96. The van der Waals surface area contributed by atoms with Crippen LogP contribution in [0.5, 0.6) is 0 Å². The van der Waals surface area contributed by atoms with Crippen LogP contribution < -0.4 is 5.32 Å². The van der Waals surface area contributed by atoms with E-state index in [-0.39, 0.29) is 0 Å². The minimum absolute atomic E-state index is 0.411. The minimum atomic E-state index is -4.42. The zero-order valence-corrected chi connectivity index (χ0v) is 10.8. The molecule has 0 amide bonds. The van der Waals surface area contributed by atoms with Gasteiger partial charge in [0.2, 0.25) is 0 Å². The highest BCUT2D eigenvalue weighted by Gasteiger charge is 2.31. The van der Waals surface area contributed by atoms with Crippen molar-refractivity contribution in [1.29, 1.82) is 0 Å². The number of nitrogens with one attached hydrogen (secondary N) is 1. The Balaban J connectivity index is 1.69. The Morgan fingerprint density at radius 2 is 2.00 bits per heavy atom. The first kappa shape index (κ1) is 13.4. The Kier molecular flexibility index (Phi) is 3.25. The number of aromatic nitrogens is 3. The summed E-state index contributed by atoms with van der Waals surface area (Å²) in [5.41, 5.74) is 1.22. The van der Waals surface area contributed by atoms with Crippen LogP contribution in [0.15, 0.2) is 48.9 Å². The lowest BCUT2D eigenvalue weighted by Gasteiger charge is -2.07. The second-order valence-electron chi connectivity index (χ2n) is 4.48. The lowest BCUT2D eigenvalue weighted by molar-refractivity contribution is -0.141. The molecule has 0 bridgehead atoms. The summed E-state index contributed by atoms with van der Waals surface area (Å²) in [7, 11) is 0. The summed E-state index contributed by atoms with van der Waals surface area (Å²) < 4.78 is 39.1. The van der Waals surface area contributed by atoms with Crippen LogP contribution in [0.1, 0.15) is 11.4 Å². The number of hydrogen-bond acceptors (Lipinski definition) is 3. The van der Waals surface area contributed by atoms with Gasteiger partial charge in [0.25, 0.3) is 0 Å². The van der Waals surface area contributed by atoms with Crippen LogP contribution >= 0.6 is 0 Å². The van der Waals surface area contributed by atoms with Gasteiger partial charge >= 0.3 is 6.18 Å². The summed E-state index contributed by atoms with van der Waals surface area (Å²) in [5.74, 6) is 0. The average molecular weight is 292 g/mol. The van der Waals surface area contributed by atoms with Crippen molar-refractivity contribution in [1.82, 2.24) is 14.4 Å². The van der Waals surface area contributed by atoms with E-state index in [0.29, 0.717) is 12.2 Å². The molecule has 0 aliphatic carbocycles. The van der Waals surface area contributed by atoms with Crippen molar-refractivity contribution in [2.24, 2.45) is 0 Å². The highest BCUT2D eigenvalue weighted by molar-refractivity contribution is 5.43. The van der Waals surface area contributed by atoms with Crippen molar-refractivity contribution in [2.45, 2.75) is 12.7 Å². The molecule has 21 heavy (non-hydrogen) atoms. The number of pyridine rings is 2. The fourth-order valence-electron chi connectivity index (χ4n) is 1.93. The predicted molar refractivity (Wildman–Crippen MR) is 71.8 cm³/mol. The molecule has 0 saturated heterocycles. The molecule has 0 radical (unpaired) electrons. The smallest absolute Gasteiger partial charge is 0.378 e. The molecule has 1 N–H and O–H groups in total. The molecule has 0 saturated carbocycles. The van der Waals surface area contributed by atoms with Crippen LogP contribution in [0.3, 0.4) is 0 Å². The highest BCUT2D eigenvalue weighted by Crippen LogP contribution is 2.27. The summed E-state index contributed by atoms with van der Waals surface area (Å²) in [6.45, 7) is 0.411. The Morgan fingerprint density at radius 3 is 2.67 bits per heavy atom. The van der Waals surface area contributed by atoms with E-state index in [1.54, 1.807) is 0 Å². The first-order valence-corrected chi connectivity index (χ1v) is 6.22. The summed E-state index contributed by atoms with van der Waals surface area (Å²) in [6.07, 6.45) is 0.490. The van der Waals surface area contributed by atoms with Crippen LogP contribution in [0.25, 0.3) is 5.65 Å². The van der Waals surface area contributed by atoms with Gasteiger partial charge in [0.15, 0.2) is 0 Å². The molecule has 3 aromatic heterocycles. The van der Waals surface area contributed by atoms with E-state index in [4.69, 9.17) is 0 Å². The minimum Gasteiger partial charge on any atom is -0.378 e. The van der Waals surface area contributed by atoms with E-state index in [2.05, 4.69) is 15.3 Å². The molecular formula is C14H11F3N4. The second-order valence-corrected chi connectivity index (χ2v) is 4.48. The van der Waals surface area contributed by atoms with Crippen LogP contribution in [-0.4, -0.2) is 14.4 Å². The SMILES string of the molecule is FC(F)(F)c1ccc(NCc2cn3ccccc3n2)cn1. The van der Waals surface area contributed by atoms with Crippen LogP contribution in [0.4, 0.5) is 18.9 Å². The maximum Gasteiger partial charge on any atom is 0.433 e. The van der Waals surface area contributed by atoms with Crippen molar-refractivity contribution < 1.29 is 13.2 Å². The third kappa shape index (κ3) is 2.96. The van der Waals surface area contributed by atoms with E-state index in [9.17, 15) is 13.2 Å². The first-order valence-electron chi connectivity index (χ1n) is 6.22. The third-order valence-electron chi connectivity index (χ3n) is 2.94. The zero-order chi connectivity index (χ0) is 14.9. The van der Waals surface area contributed by atoms with Crippen LogP contribution in [-0.2, 0) is 12.7 Å². The lowest BCUT2D eigenvalue weighted by Crippen LogP contribution is -2.08. The van der Waals surface area contributed by atoms with E-state index in [0.717, 1.165) is 17.4 Å². The molecular weight excluding hydrogens is 281 g/mol. The quantitative estimate of drug-likeness (QED) is 0.805. The van der Waals surface area contributed by atoms with Crippen molar-refractivity contribution in [3.05, 3.63) is 60.3 Å². The summed E-state index contributed by atoms with van der Waals surface area (Å²) in [5, 5.41) is 2.99. The Hall–Kier alpha value is -2.57. The van der Waals surface area contributed by atoms with Crippen molar-refractivity contribution in [3.8, 4) is 0 Å². The van der Waals surface area contributed by atoms with Crippen molar-refractivity contribution in [3.63, 3.8) is 0 Å². The van der Waals surface area contributed by atoms with Gasteiger partial charge in [0.05, 0.1) is 24.1 Å². The van der Waals surface area contributed by atoms with E-state index < -0.39 is 11.9 Å². The fraction of sp³-hybridized carbons (Fsp3) is 0.143. The Bertz CT molecular complexity index is 714. The van der Waals surface area contributed by atoms with E-state index in [1.807, 2.05) is 35.0 Å². The molecule has 0 atom stereocenters. The van der Waals surface area contributed by atoms with Crippen LogP contribution in [0, 0.1) is 0 Å². The highest BCUT2D eigenvalue weighted by atomic mass is 19.4. The normalized spacial score (nSPS) is 11.8. The number of fused-ring (bicyclic) bond motifs is 1. The van der Waals surface area contributed by atoms with Gasteiger partial charge in [0, 0.05) is 12.4 Å². The van der Waals surface area contributed by atoms with Crippen LogP contribution in [0.2, 0.25) is 0 Å². The molecule has 3 rings (SSSR count). The molecule has 0 aliphatic heterocycles. The van der Waals surface area contributed by atoms with Gasteiger partial charge < -0.3 is 9.72 Å². The molecule has 0 unspecified atom stereocenters. The number of alkyl halides is 3. The molecule has 3 heterocycles. The average Bonchev–Trinajstić information content (AvgIpc) is 2.87. The van der Waals surface area contributed by atoms with Gasteiger partial charge in [-0.25, -0.2) is 9.97 Å². The monoisotopic (exact) mass is 292 g/mol. The predicted octanol–water partition coefficient (Wildman–Crippen LogP) is 3.36. The zero-order valence-electron chi connectivity index (χ0n) is 10.8. The Morgan fingerprint density at radius 1 is 1.14 bits per heavy atom. The number of halogens is 3. The summed E-state index contributed by atoms with van der Waals surface area (Å²) in [4.78, 5) is 7.78. The van der Waals surface area contributed by atoms with Crippen molar-refractivity contribution >= 4 is 11.3 Å². The third-order valence-corrected chi connectivity index (χ3v) is 2.94. The molecule has 0 fully saturated rings. The number of nitrogens with zero attached hydrogens (tertiary/aromatic N) is 3. The number of anilines is 1. The molecule has 108 valence electrons. The topological polar surface area (TPSA) is 42.2 Å². The second kappa shape index (κ2) is 5.08. The maximum absolute atomic E-state index is 12.4. The molecule has 7 heteroatoms. The first-order chi connectivity index (χ1) is 10.0. The maximum atomic E-state index is 12.4. The fourth-order valence-corrected chi connectivity index (χ4v) is 1.93. The van der Waals surface area contributed by atoms with E-state index >= 15 is 0 Å². The summed E-state index contributed by atoms with van der Waals surface area (Å²) >= 11 is 0. The van der Waals surface area contributed by atoms with Gasteiger partial charge in [-0.1, -0.05) is 6.07 Å². The number of hydrogen-bond donors (Lipinski definition) is 1. The molecule has 3 aromatic rings. The number of imidazole rings is 1. The van der Waals surface area contributed by atoms with Gasteiger partial charge in [0.1, 0.15) is 11.3 Å². The molecule has 0 aromatic carbocycles. The van der Waals surface area contributed by atoms with E-state index in [1.165, 1.54) is 12.3 Å². The lowest BCUT2D eigenvalue weighted by atomic mass is 10.3. The van der Waals surface area contributed by atoms with Gasteiger partial charge in [-0.15, -0.1) is 0 Å². The largest absolute Gasteiger partial charge is 0.433 e. The van der Waals surface area contributed by atoms with Gasteiger partial charge in [-0.2, -0.15) is 13.2 Å². The van der Waals surface area contributed by atoms with Gasteiger partial charge in [-0.3, -0.25) is 0 Å². The van der Waals surface area contributed by atoms with Gasteiger partial charge in [-0.05, 0) is 24.3 Å². The number of rotatable bonds is 3. The standard InChI is InChI=1S/C14H11F3N4/c15-14(16,17)12-5-4-10(7-19-12)18-8-11-9-21-6-2-1-3-13(21)20-11/h1-7,9,18H,8H2.